The van der Waals surface area contributed by atoms with Crippen LogP contribution in [0.3, 0.4) is 0 Å². The van der Waals surface area contributed by atoms with Gasteiger partial charge in [-0.25, -0.2) is 0 Å². The van der Waals surface area contributed by atoms with Gasteiger partial charge < -0.3 is 5.32 Å². The van der Waals surface area contributed by atoms with Crippen LogP contribution in [0.1, 0.15) is 27.7 Å². The summed E-state index contributed by atoms with van der Waals surface area (Å²) < 4.78 is 0. The van der Waals surface area contributed by atoms with E-state index >= 15 is 0 Å². The highest BCUT2D eigenvalue weighted by Gasteiger charge is 2.15. The Labute approximate surface area is 60.8 Å². The SMILES string of the molecule is CC(=O)C(=O)NC(C)(C)C. The zero-order valence-corrected chi connectivity index (χ0v) is 6.82. The van der Waals surface area contributed by atoms with Gasteiger partial charge in [0.2, 0.25) is 5.78 Å². The quantitative estimate of drug-likeness (QED) is 0.543. The van der Waals surface area contributed by atoms with E-state index in [-0.39, 0.29) is 5.54 Å². The fraction of sp³-hybridized carbons (Fsp3) is 0.714. The van der Waals surface area contributed by atoms with E-state index in [2.05, 4.69) is 5.32 Å². The highest BCUT2D eigenvalue weighted by atomic mass is 16.2. The molecule has 0 rings (SSSR count). The Bertz CT molecular complexity index is 155. The molecule has 0 aliphatic carbocycles. The van der Waals surface area contributed by atoms with Crippen molar-refractivity contribution in [1.29, 1.82) is 0 Å². The first-order chi connectivity index (χ1) is 4.33. The second-order valence-corrected chi connectivity index (χ2v) is 3.26. The van der Waals surface area contributed by atoms with Gasteiger partial charge in [-0.2, -0.15) is 0 Å². The molecule has 0 fully saturated rings. The van der Waals surface area contributed by atoms with Crippen LogP contribution in [-0.2, 0) is 9.59 Å². The van der Waals surface area contributed by atoms with Gasteiger partial charge in [-0.1, -0.05) is 0 Å². The van der Waals surface area contributed by atoms with Crippen molar-refractivity contribution in [2.24, 2.45) is 0 Å². The smallest absolute Gasteiger partial charge is 0.287 e. The van der Waals surface area contributed by atoms with Crippen LogP contribution in [-0.4, -0.2) is 17.2 Å². The minimum Gasteiger partial charge on any atom is -0.345 e. The second-order valence-electron chi connectivity index (χ2n) is 3.26. The average molecular weight is 143 g/mol. The number of carbonyl (C=O) groups excluding carboxylic acids is 2. The topological polar surface area (TPSA) is 46.2 Å². The predicted molar refractivity (Wildman–Crippen MR) is 38.6 cm³/mol. The lowest BCUT2D eigenvalue weighted by Gasteiger charge is -2.18. The van der Waals surface area contributed by atoms with Crippen LogP contribution in [0.5, 0.6) is 0 Å². The molecule has 1 N–H and O–H groups in total. The molecule has 0 heterocycles. The van der Waals surface area contributed by atoms with Crippen LogP contribution in [0.4, 0.5) is 0 Å². The molecule has 0 atom stereocenters. The molecule has 10 heavy (non-hydrogen) atoms. The lowest BCUT2D eigenvalue weighted by Crippen LogP contribution is -2.43. The Morgan fingerprint density at radius 1 is 1.20 bits per heavy atom. The highest BCUT2D eigenvalue weighted by Crippen LogP contribution is 1.97. The number of amides is 1. The third-order valence-corrected chi connectivity index (χ3v) is 0.808. The summed E-state index contributed by atoms with van der Waals surface area (Å²) in [6, 6.07) is 0. The summed E-state index contributed by atoms with van der Waals surface area (Å²) in [5.74, 6) is -0.970. The van der Waals surface area contributed by atoms with Crippen molar-refractivity contribution in [2.75, 3.05) is 0 Å². The second kappa shape index (κ2) is 2.82. The molecule has 0 spiro atoms. The van der Waals surface area contributed by atoms with Gasteiger partial charge in [0.1, 0.15) is 0 Å². The lowest BCUT2D eigenvalue weighted by atomic mass is 10.1. The van der Waals surface area contributed by atoms with E-state index in [0.29, 0.717) is 0 Å². The number of hydrogen-bond donors (Lipinski definition) is 1. The summed E-state index contributed by atoms with van der Waals surface area (Å²) in [6.45, 7) is 6.73. The van der Waals surface area contributed by atoms with Crippen molar-refractivity contribution in [3.63, 3.8) is 0 Å². The maximum Gasteiger partial charge on any atom is 0.287 e. The van der Waals surface area contributed by atoms with Crippen molar-refractivity contribution in [2.45, 2.75) is 33.2 Å². The van der Waals surface area contributed by atoms with E-state index < -0.39 is 11.7 Å². The summed E-state index contributed by atoms with van der Waals surface area (Å²) in [7, 11) is 0. The van der Waals surface area contributed by atoms with Crippen molar-refractivity contribution in [3.8, 4) is 0 Å². The third kappa shape index (κ3) is 4.06. The Morgan fingerprint density at radius 2 is 1.60 bits per heavy atom. The lowest BCUT2D eigenvalue weighted by molar-refractivity contribution is -0.137. The maximum atomic E-state index is 10.7. The van der Waals surface area contributed by atoms with E-state index in [0.717, 1.165) is 0 Å². The van der Waals surface area contributed by atoms with E-state index in [9.17, 15) is 9.59 Å². The first-order valence-electron chi connectivity index (χ1n) is 3.16. The van der Waals surface area contributed by atoms with Crippen molar-refractivity contribution in [1.82, 2.24) is 5.32 Å². The van der Waals surface area contributed by atoms with E-state index in [1.165, 1.54) is 6.92 Å². The van der Waals surface area contributed by atoms with Gasteiger partial charge in [0, 0.05) is 12.5 Å². The van der Waals surface area contributed by atoms with Crippen LogP contribution < -0.4 is 5.32 Å². The van der Waals surface area contributed by atoms with Crippen LogP contribution in [0.25, 0.3) is 0 Å². The van der Waals surface area contributed by atoms with Gasteiger partial charge in [-0.3, -0.25) is 9.59 Å². The highest BCUT2D eigenvalue weighted by molar-refractivity contribution is 6.35. The standard InChI is InChI=1S/C7H13NO2/c1-5(9)6(10)8-7(2,3)4/h1-4H3,(H,8,10). The van der Waals surface area contributed by atoms with E-state index in [1.807, 2.05) is 20.8 Å². The number of nitrogens with one attached hydrogen (secondary N) is 1. The molecule has 0 unspecified atom stereocenters. The summed E-state index contributed by atoms with van der Waals surface area (Å²) in [5.41, 5.74) is -0.317. The molecule has 3 heteroatoms. The molecular formula is C7H13NO2. The Kier molecular flexibility index (Phi) is 2.57. The van der Waals surface area contributed by atoms with Crippen LogP contribution in [0.15, 0.2) is 0 Å². The van der Waals surface area contributed by atoms with Gasteiger partial charge in [0.15, 0.2) is 0 Å². The van der Waals surface area contributed by atoms with Gasteiger partial charge in [-0.05, 0) is 20.8 Å². The van der Waals surface area contributed by atoms with Crippen LogP contribution in [0, 0.1) is 0 Å². The fourth-order valence-corrected chi connectivity index (χ4v) is 0.429. The molecule has 58 valence electrons. The van der Waals surface area contributed by atoms with Crippen molar-refractivity contribution < 1.29 is 9.59 Å². The molecular weight excluding hydrogens is 130 g/mol. The molecule has 1 amide bonds. The summed E-state index contributed by atoms with van der Waals surface area (Å²) in [6.07, 6.45) is 0. The van der Waals surface area contributed by atoms with Gasteiger partial charge in [0.05, 0.1) is 0 Å². The minimum atomic E-state index is -0.521. The summed E-state index contributed by atoms with van der Waals surface area (Å²) >= 11 is 0. The average Bonchev–Trinajstić information content (AvgIpc) is 1.60. The monoisotopic (exact) mass is 143 g/mol. The van der Waals surface area contributed by atoms with Gasteiger partial charge in [-0.15, -0.1) is 0 Å². The molecule has 0 radical (unpaired) electrons. The molecule has 0 aliphatic rings. The van der Waals surface area contributed by atoms with Gasteiger partial charge in [0.25, 0.3) is 5.91 Å². The normalized spacial score (nSPS) is 10.8. The molecule has 0 aromatic heterocycles. The number of hydrogen-bond acceptors (Lipinski definition) is 2. The van der Waals surface area contributed by atoms with Crippen LogP contribution >= 0.6 is 0 Å². The molecule has 0 aromatic carbocycles. The first-order valence-corrected chi connectivity index (χ1v) is 3.16. The zero-order valence-electron chi connectivity index (χ0n) is 6.82. The Hall–Kier alpha value is -0.860. The number of carbonyl (C=O) groups is 2. The Balaban J connectivity index is 3.93. The first kappa shape index (κ1) is 9.14. The van der Waals surface area contributed by atoms with E-state index in [1.54, 1.807) is 0 Å². The summed E-state index contributed by atoms with van der Waals surface area (Å²) in [4.78, 5) is 21.1. The molecule has 0 aromatic rings. The Morgan fingerprint density at radius 3 is 1.70 bits per heavy atom. The van der Waals surface area contributed by atoms with Gasteiger partial charge >= 0.3 is 0 Å². The van der Waals surface area contributed by atoms with E-state index in [4.69, 9.17) is 0 Å². The largest absolute Gasteiger partial charge is 0.345 e. The molecule has 0 saturated carbocycles. The predicted octanol–water partition coefficient (Wildman–Crippen LogP) is 0.490. The van der Waals surface area contributed by atoms with Crippen molar-refractivity contribution >= 4 is 11.7 Å². The number of rotatable bonds is 1. The van der Waals surface area contributed by atoms with Crippen molar-refractivity contribution in [3.05, 3.63) is 0 Å². The molecule has 0 aliphatic heterocycles. The number of ketones is 1. The fourth-order valence-electron chi connectivity index (χ4n) is 0.429. The minimum absolute atomic E-state index is 0.317. The maximum absolute atomic E-state index is 10.7. The molecule has 0 bridgehead atoms. The third-order valence-electron chi connectivity index (χ3n) is 0.808. The number of Topliss-reactive ketones (excluding diaryl/α,β-unsaturated/α-hetero) is 1. The van der Waals surface area contributed by atoms with Crippen LogP contribution in [0.2, 0.25) is 0 Å². The molecule has 3 nitrogen and oxygen atoms in total. The zero-order chi connectivity index (χ0) is 8.36. The summed E-state index contributed by atoms with van der Waals surface area (Å²) in [5, 5.41) is 2.53. The molecule has 0 saturated heterocycles.